The lowest BCUT2D eigenvalue weighted by atomic mass is 9.90. The Balaban J connectivity index is 0.000000242. The van der Waals surface area contributed by atoms with Crippen LogP contribution < -0.4 is 0 Å². The van der Waals surface area contributed by atoms with E-state index in [1.165, 1.54) is 27.6 Å². The van der Waals surface area contributed by atoms with Crippen LogP contribution in [0.15, 0.2) is 194 Å². The van der Waals surface area contributed by atoms with E-state index in [1.54, 1.807) is 36.4 Å². The number of carbonyl (C=O) groups excluding carboxylic acids is 3. The predicted molar refractivity (Wildman–Crippen MR) is 286 cm³/mol. The highest BCUT2D eigenvalue weighted by molar-refractivity contribution is 7.59. The van der Waals surface area contributed by atoms with Crippen molar-refractivity contribution in [2.75, 3.05) is 0 Å². The van der Waals surface area contributed by atoms with Crippen molar-refractivity contribution in [3.05, 3.63) is 239 Å². The maximum atomic E-state index is 13.0. The number of carbonyl (C=O) groups is 3. The summed E-state index contributed by atoms with van der Waals surface area (Å²) >= 11 is 5.16. The van der Waals surface area contributed by atoms with E-state index in [1.807, 2.05) is 103 Å². The van der Waals surface area contributed by atoms with Crippen LogP contribution in [0.2, 0.25) is 0 Å². The van der Waals surface area contributed by atoms with Gasteiger partial charge in [0.25, 0.3) is 5.24 Å². The molecule has 7 aromatic carbocycles. The molecule has 66 heavy (non-hydrogen) atoms. The van der Waals surface area contributed by atoms with Gasteiger partial charge in [0, 0.05) is 35.1 Å². The fraction of sp³-hybridized carbons (Fsp3) is 0.164. The Kier molecular flexibility index (Phi) is 25.1. The van der Waals surface area contributed by atoms with E-state index in [0.29, 0.717) is 11.1 Å². The molecular weight excluding hydrogens is 848 g/mol. The Bertz CT molecular complexity index is 2690. The lowest BCUT2D eigenvalue weighted by Crippen LogP contribution is -2.06. The van der Waals surface area contributed by atoms with Crippen molar-refractivity contribution in [2.24, 2.45) is 0 Å². The molecule has 0 amide bonds. The summed E-state index contributed by atoms with van der Waals surface area (Å²) in [6, 6.07) is 58.6. The van der Waals surface area contributed by atoms with E-state index < -0.39 is 5.24 Å². The van der Waals surface area contributed by atoms with Gasteiger partial charge in [0.05, 0.1) is 0 Å². The van der Waals surface area contributed by atoms with Crippen LogP contribution >= 0.6 is 25.1 Å². The fourth-order valence-electron chi connectivity index (χ4n) is 6.98. The molecule has 0 radical (unpaired) electrons. The van der Waals surface area contributed by atoms with Gasteiger partial charge in [-0.1, -0.05) is 220 Å². The molecule has 0 saturated heterocycles. The molecule has 1 aliphatic carbocycles. The SMILES string of the molecule is C.C#CCCC/C=C/c1ccccc1.O=C(C#CCCC/C=C/c1ccccc1)c1ccccc1.O=C(Cl)c1ccccc1.O=C(c1ccccc1)c1c2c(cc3ccccc13)CCC2.S. The Labute approximate surface area is 405 Å². The molecule has 8 rings (SSSR count). The number of terminal acetylenes is 1. The zero-order valence-electron chi connectivity index (χ0n) is 36.7. The van der Waals surface area contributed by atoms with Crippen molar-refractivity contribution < 1.29 is 14.4 Å². The molecule has 0 unspecified atom stereocenters. The summed E-state index contributed by atoms with van der Waals surface area (Å²) in [6.07, 6.45) is 22.7. The van der Waals surface area contributed by atoms with Gasteiger partial charge in [-0.25, -0.2) is 0 Å². The lowest BCUT2D eigenvalue weighted by Gasteiger charge is -2.12. The van der Waals surface area contributed by atoms with E-state index in [-0.39, 0.29) is 32.5 Å². The van der Waals surface area contributed by atoms with E-state index in [4.69, 9.17) is 18.0 Å². The Morgan fingerprint density at radius 1 is 0.576 bits per heavy atom. The second-order valence-corrected chi connectivity index (χ2v) is 15.3. The first-order valence-electron chi connectivity index (χ1n) is 21.8. The minimum atomic E-state index is -0.407. The smallest absolute Gasteiger partial charge is 0.252 e. The van der Waals surface area contributed by atoms with Crippen LogP contribution in [0.25, 0.3) is 22.9 Å². The molecule has 1 aliphatic rings. The van der Waals surface area contributed by atoms with Crippen molar-refractivity contribution in [3.63, 3.8) is 0 Å². The summed E-state index contributed by atoms with van der Waals surface area (Å²) in [5.74, 6) is 8.33. The fourth-order valence-corrected chi connectivity index (χ4v) is 7.10. The number of fused-ring (bicyclic) bond motifs is 2. The van der Waals surface area contributed by atoms with Crippen LogP contribution in [0.4, 0.5) is 0 Å². The lowest BCUT2D eigenvalue weighted by molar-refractivity contribution is 0.103. The van der Waals surface area contributed by atoms with Gasteiger partial charge in [-0.2, -0.15) is 13.5 Å². The minimum Gasteiger partial charge on any atom is -0.289 e. The van der Waals surface area contributed by atoms with Gasteiger partial charge >= 0.3 is 0 Å². The number of Topliss-reactive ketones (excluding diaryl/α,β-unsaturated/α-hetero) is 1. The third-order valence-corrected chi connectivity index (χ3v) is 10.4. The second-order valence-electron chi connectivity index (χ2n) is 14.9. The van der Waals surface area contributed by atoms with Crippen molar-refractivity contribution in [2.45, 2.75) is 65.2 Å². The molecule has 5 heteroatoms. The summed E-state index contributed by atoms with van der Waals surface area (Å²) in [7, 11) is 0. The van der Waals surface area contributed by atoms with Crippen molar-refractivity contribution in [3.8, 4) is 24.2 Å². The first-order chi connectivity index (χ1) is 31.4. The number of ketones is 2. The van der Waals surface area contributed by atoms with Gasteiger partial charge in [0.1, 0.15) is 0 Å². The van der Waals surface area contributed by atoms with Gasteiger partial charge in [-0.3, -0.25) is 14.4 Å². The standard InChI is InChI=1S/C20H16O.C20H18O.C13H14.C7H5ClO.CH4.H2S/c21-20(14-7-2-1-3-8-14)19-17-11-5-4-9-15(17)13-16-10-6-12-18(16)19;21-20(19-15-9-5-10-16-19)17-11-3-1-2-6-12-18-13-7-4-8-14-18;1-2-3-4-5-7-10-13-11-8-6-9-12-13;8-7(9)6-4-2-1-3-5-6;;/h1-5,7-9,11,13H,6,10,12H2;4-10,12-16H,1-3H2;1,6-12H,3-5H2;1-5H;1H4;1H2/b;12-6+;10-7+;;;. The Morgan fingerprint density at radius 3 is 1.56 bits per heavy atom. The summed E-state index contributed by atoms with van der Waals surface area (Å²) in [5.41, 5.74) is 7.99. The summed E-state index contributed by atoms with van der Waals surface area (Å²) in [5, 5.41) is 1.86. The van der Waals surface area contributed by atoms with Gasteiger partial charge in [0.2, 0.25) is 5.78 Å². The van der Waals surface area contributed by atoms with Crippen molar-refractivity contribution >= 4 is 64.8 Å². The van der Waals surface area contributed by atoms with Crippen LogP contribution in [0.1, 0.15) is 111 Å². The number of rotatable bonds is 12. The van der Waals surface area contributed by atoms with Crippen LogP contribution in [0.5, 0.6) is 0 Å². The third-order valence-electron chi connectivity index (χ3n) is 10.2. The van der Waals surface area contributed by atoms with Crippen molar-refractivity contribution in [1.29, 1.82) is 0 Å². The molecule has 3 nitrogen and oxygen atoms in total. The molecule has 0 spiro atoms. The first kappa shape index (κ1) is 53.4. The number of benzene rings is 7. The van der Waals surface area contributed by atoms with E-state index in [0.717, 1.165) is 74.3 Å². The number of allylic oxidation sites excluding steroid dienone is 2. The van der Waals surface area contributed by atoms with Crippen LogP contribution in [0.3, 0.4) is 0 Å². The molecule has 0 atom stereocenters. The molecule has 0 fully saturated rings. The maximum Gasteiger partial charge on any atom is 0.252 e. The van der Waals surface area contributed by atoms with E-state index in [2.05, 4.69) is 84.5 Å². The average molecular weight is 908 g/mol. The molecule has 0 aliphatic heterocycles. The van der Waals surface area contributed by atoms with Gasteiger partial charge < -0.3 is 0 Å². The second kappa shape index (κ2) is 31.0. The van der Waals surface area contributed by atoms with Gasteiger partial charge in [-0.15, -0.1) is 12.3 Å². The number of aryl methyl sites for hydroxylation is 1. The van der Waals surface area contributed by atoms with E-state index >= 15 is 0 Å². The molecule has 0 saturated carbocycles. The quantitative estimate of drug-likeness (QED) is 0.0403. The highest BCUT2D eigenvalue weighted by atomic mass is 35.5. The highest BCUT2D eigenvalue weighted by Crippen LogP contribution is 2.33. The predicted octanol–water partition coefficient (Wildman–Crippen LogP) is 15.6. The summed E-state index contributed by atoms with van der Waals surface area (Å²) < 4.78 is 0. The Hall–Kier alpha value is -6.95. The van der Waals surface area contributed by atoms with Gasteiger partial charge in [-0.05, 0) is 95.5 Å². The maximum absolute atomic E-state index is 13.0. The molecule has 0 heterocycles. The van der Waals surface area contributed by atoms with E-state index in [9.17, 15) is 14.4 Å². The molecule has 334 valence electrons. The molecule has 0 aromatic heterocycles. The van der Waals surface area contributed by atoms with Crippen LogP contribution in [-0.2, 0) is 12.8 Å². The average Bonchev–Trinajstić information content (AvgIpc) is 3.83. The monoisotopic (exact) mass is 906 g/mol. The molecular formula is C61H59ClO3S. The first-order valence-corrected chi connectivity index (χ1v) is 22.2. The zero-order valence-corrected chi connectivity index (χ0v) is 38.4. The summed E-state index contributed by atoms with van der Waals surface area (Å²) in [6.45, 7) is 0. The number of hydrogen-bond acceptors (Lipinski definition) is 3. The van der Waals surface area contributed by atoms with Crippen LogP contribution in [0, 0.1) is 24.2 Å². The molecule has 0 bridgehead atoms. The summed E-state index contributed by atoms with van der Waals surface area (Å²) in [4.78, 5) is 35.2. The van der Waals surface area contributed by atoms with Gasteiger partial charge in [0.15, 0.2) is 5.78 Å². The third kappa shape index (κ3) is 18.3. The number of unbranched alkanes of at least 4 members (excludes halogenated alkanes) is 4. The number of hydrogen-bond donors (Lipinski definition) is 0. The Morgan fingerprint density at radius 2 is 1.05 bits per heavy atom. The molecule has 7 aromatic rings. The topological polar surface area (TPSA) is 51.2 Å². The van der Waals surface area contributed by atoms with Crippen molar-refractivity contribution in [1.82, 2.24) is 0 Å². The number of halogens is 1. The highest BCUT2D eigenvalue weighted by Gasteiger charge is 2.23. The zero-order chi connectivity index (χ0) is 45.0. The van der Waals surface area contributed by atoms with Crippen LogP contribution in [-0.4, -0.2) is 16.8 Å². The normalized spacial score (nSPS) is 10.7. The molecule has 0 N–H and O–H groups in total. The minimum absolute atomic E-state index is 0. The largest absolute Gasteiger partial charge is 0.289 e.